The molecule has 0 radical (unpaired) electrons. The minimum absolute atomic E-state index is 0.0562. The van der Waals surface area contributed by atoms with E-state index in [9.17, 15) is 20.4 Å². The van der Waals surface area contributed by atoms with Crippen LogP contribution in [0.3, 0.4) is 0 Å². The Morgan fingerprint density at radius 2 is 0.517 bits per heavy atom. The molecule has 4 N–H and O–H groups in total. The van der Waals surface area contributed by atoms with Crippen LogP contribution in [-0.2, 0) is 25.7 Å². The summed E-state index contributed by atoms with van der Waals surface area (Å²) in [6.07, 6.45) is 56.2. The molecule has 0 aromatic heterocycles. The summed E-state index contributed by atoms with van der Waals surface area (Å²) >= 11 is 0. The van der Waals surface area contributed by atoms with Gasteiger partial charge in [0.15, 0.2) is 0 Å². The zero-order valence-electron chi connectivity index (χ0n) is 83.8. The predicted molar refractivity (Wildman–Crippen MR) is 519 cm³/mol. The Hall–Kier alpha value is -4.72. The quantitative estimate of drug-likeness (QED) is 0.0345. The van der Waals surface area contributed by atoms with E-state index in [-0.39, 0.29) is 22.4 Å². The van der Waals surface area contributed by atoms with E-state index in [0.717, 1.165) is 221 Å². The fraction of sp³-hybridized carbons (Fsp3) is 0.786. The van der Waals surface area contributed by atoms with Crippen LogP contribution < -0.4 is 18.9 Å². The zero-order chi connectivity index (χ0) is 89.2. The van der Waals surface area contributed by atoms with Crippen LogP contribution in [0.4, 0.5) is 0 Å². The molecule has 4 aliphatic rings. The monoisotopic (exact) mass is 1670 g/mol. The van der Waals surface area contributed by atoms with Gasteiger partial charge in [0.1, 0.15) is 68.4 Å². The van der Waals surface area contributed by atoms with E-state index < -0.39 is 0 Å². The number of phenols is 4. The molecule has 0 saturated carbocycles. The van der Waals surface area contributed by atoms with Gasteiger partial charge in [0.05, 0.1) is 0 Å². The first-order chi connectivity index (χ1) is 56.4. The van der Waals surface area contributed by atoms with Gasteiger partial charge in [-0.15, -0.1) is 0 Å². The van der Waals surface area contributed by atoms with Crippen LogP contribution in [-0.4, -0.2) is 42.8 Å². The van der Waals surface area contributed by atoms with Crippen molar-refractivity contribution in [1.82, 2.24) is 0 Å². The van der Waals surface area contributed by atoms with Crippen molar-refractivity contribution in [3.8, 4) is 46.0 Å². The van der Waals surface area contributed by atoms with E-state index in [4.69, 9.17) is 18.9 Å². The smallest absolute Gasteiger partial charge is 0.127 e. The Balaban J connectivity index is 0.000000285. The molecule has 4 aromatic rings. The first-order valence-electron chi connectivity index (χ1n) is 50.5. The van der Waals surface area contributed by atoms with Crippen molar-refractivity contribution in [3.05, 3.63) is 91.0 Å². The van der Waals surface area contributed by atoms with Crippen LogP contribution >= 0.6 is 0 Å². The van der Waals surface area contributed by atoms with Crippen molar-refractivity contribution in [2.75, 3.05) is 0 Å². The summed E-state index contributed by atoms with van der Waals surface area (Å²) in [4.78, 5) is 0. The SMILES string of the molecule is Cc1c(C)c2c(c(C)c1O)CC[C@@](C)(CCC[C@H](C)CCC[C@H](C)CCCC(C)C)O2.Cc1c(O)cc2c(c1C)O[C@](C)(CCC[C@H](C)CCC[C@H](C)CCCC(C)C)CC2.Cc1cc(O)c(C)c2c1O[C@](C)(CCC[C@H](C)CCC[C@H](C)CCCC(C)C)CC2.Cc1cc(O)cc2c1O[C@](C)(CCC[C@H](C)CCC[C@H](C)CCCC(C)C)CC2. The summed E-state index contributed by atoms with van der Waals surface area (Å²) in [6, 6.07) is 7.44. The number of hydrogen-bond donors (Lipinski definition) is 4. The molecule has 8 heteroatoms. The van der Waals surface area contributed by atoms with Crippen LogP contribution in [0.1, 0.15) is 462 Å². The van der Waals surface area contributed by atoms with Crippen molar-refractivity contribution < 1.29 is 39.4 Å². The van der Waals surface area contributed by atoms with E-state index in [1.807, 2.05) is 58.9 Å². The van der Waals surface area contributed by atoms with E-state index in [2.05, 4.69) is 159 Å². The number of benzene rings is 4. The fourth-order valence-electron chi connectivity index (χ4n) is 20.1. The average Bonchev–Trinajstić information content (AvgIpc) is 0.832. The number of fused-ring (bicyclic) bond motifs is 4. The van der Waals surface area contributed by atoms with E-state index in [1.54, 1.807) is 0 Å². The highest BCUT2D eigenvalue weighted by molar-refractivity contribution is 5.59. The second-order valence-corrected chi connectivity index (χ2v) is 44.2. The number of hydrogen-bond acceptors (Lipinski definition) is 8. The number of ether oxygens (including phenoxy) is 4. The Morgan fingerprint density at radius 3 is 0.858 bits per heavy atom. The standard InChI is InChI=1S/C29H50O2.2C28H48O2.C27H46O2/c1-20(2)12-9-13-21(3)14-10-15-22(4)16-11-18-29(8)19-17-26-25(7)27(30)23(5)24(6)28(26)31-29;1-20(2)11-8-12-21(3)13-9-14-22(4)15-10-17-28(7)18-16-25-19-26(29)23(5)24(6)27(25)30-28;1-20(2)11-8-12-21(3)13-9-14-22(4)15-10-17-28(7)18-16-25-24(6)26(29)19-23(5)27(25)30-28;1-20(2)10-7-11-21(3)12-8-13-22(4)14-9-16-27(6)17-15-24-19-25(28)18-23(5)26(24)29-27/h20-22,30H,9-19H2,1-8H3;2*19-22,29H,8-18H2,1-7H3;18-22,28H,7-17H2,1-6H3/t21-,22-,29-;2*21-,22-,28-;21-,22-,27-/m1111/s1. The fourth-order valence-corrected chi connectivity index (χ4v) is 20.1. The topological polar surface area (TPSA) is 118 Å². The molecule has 0 spiro atoms. The largest absolute Gasteiger partial charge is 0.508 e. The van der Waals surface area contributed by atoms with Gasteiger partial charge in [0.2, 0.25) is 0 Å². The third-order valence-electron chi connectivity index (χ3n) is 29.5. The van der Waals surface area contributed by atoms with Crippen LogP contribution in [0.25, 0.3) is 0 Å². The van der Waals surface area contributed by atoms with Crippen molar-refractivity contribution in [3.63, 3.8) is 0 Å². The third kappa shape index (κ3) is 37.4. The number of phenolic OH excluding ortho intramolecular Hbond substituents is 4. The second-order valence-electron chi connectivity index (χ2n) is 44.2. The van der Waals surface area contributed by atoms with Gasteiger partial charge in [-0.3, -0.25) is 0 Å². The van der Waals surface area contributed by atoms with Gasteiger partial charge in [-0.2, -0.15) is 0 Å². The van der Waals surface area contributed by atoms with Gasteiger partial charge in [0, 0.05) is 11.1 Å². The van der Waals surface area contributed by atoms with Gasteiger partial charge in [-0.05, 0) is 337 Å². The molecule has 0 aliphatic carbocycles. The van der Waals surface area contributed by atoms with E-state index in [1.165, 1.54) is 222 Å². The van der Waals surface area contributed by atoms with Crippen LogP contribution in [0.5, 0.6) is 46.0 Å². The maximum absolute atomic E-state index is 10.4. The Morgan fingerprint density at radius 1 is 0.258 bits per heavy atom. The molecule has 12 atom stereocenters. The molecule has 0 bridgehead atoms. The summed E-state index contributed by atoms with van der Waals surface area (Å²) in [5.74, 6) is 15.9. The van der Waals surface area contributed by atoms with Crippen LogP contribution in [0.2, 0.25) is 0 Å². The minimum Gasteiger partial charge on any atom is -0.508 e. The lowest BCUT2D eigenvalue weighted by Gasteiger charge is -2.38. The lowest BCUT2D eigenvalue weighted by molar-refractivity contribution is 0.0509. The molecule has 688 valence electrons. The zero-order valence-corrected chi connectivity index (χ0v) is 83.8. The molecule has 4 aliphatic heterocycles. The third-order valence-corrected chi connectivity index (χ3v) is 29.5. The van der Waals surface area contributed by atoms with Crippen molar-refractivity contribution >= 4 is 0 Å². The number of aryl methyl sites for hydroxylation is 4. The summed E-state index contributed by atoms with van der Waals surface area (Å²) in [6.45, 7) is 63.5. The summed E-state index contributed by atoms with van der Waals surface area (Å²) < 4.78 is 26.1. The Kier molecular flexibility index (Phi) is 46.2. The normalized spacial score (nSPS) is 20.7. The minimum atomic E-state index is -0.0712. The summed E-state index contributed by atoms with van der Waals surface area (Å²) in [7, 11) is 0. The highest BCUT2D eigenvalue weighted by Gasteiger charge is 2.38. The first kappa shape index (κ1) is 106. The Bertz CT molecular complexity index is 3530. The first-order valence-corrected chi connectivity index (χ1v) is 50.5. The molecule has 0 fully saturated rings. The number of rotatable bonds is 48. The molecule has 8 rings (SSSR count). The maximum Gasteiger partial charge on any atom is 0.127 e. The van der Waals surface area contributed by atoms with Gasteiger partial charge in [-0.25, -0.2) is 0 Å². The van der Waals surface area contributed by atoms with Gasteiger partial charge < -0.3 is 39.4 Å². The molecule has 4 aromatic carbocycles. The van der Waals surface area contributed by atoms with Gasteiger partial charge in [-0.1, -0.05) is 291 Å². The molecule has 4 heterocycles. The van der Waals surface area contributed by atoms with E-state index >= 15 is 0 Å². The molecule has 0 amide bonds. The molecular weight excluding hydrogens is 1470 g/mol. The second kappa shape index (κ2) is 52.4. The summed E-state index contributed by atoms with van der Waals surface area (Å²) in [5.41, 5.74) is 12.8. The molecule has 8 nitrogen and oxygen atoms in total. The molecular formula is C112H192O8. The predicted octanol–water partition coefficient (Wildman–Crippen LogP) is 34.1. The van der Waals surface area contributed by atoms with Gasteiger partial charge >= 0.3 is 0 Å². The van der Waals surface area contributed by atoms with Crippen molar-refractivity contribution in [1.29, 1.82) is 0 Å². The maximum atomic E-state index is 10.4. The number of aromatic hydroxyl groups is 4. The van der Waals surface area contributed by atoms with Gasteiger partial charge in [0.25, 0.3) is 0 Å². The lowest BCUT2D eigenvalue weighted by atomic mass is 9.84. The average molecular weight is 1670 g/mol. The molecule has 0 unspecified atom stereocenters. The van der Waals surface area contributed by atoms with Crippen molar-refractivity contribution in [2.24, 2.45) is 71.0 Å². The van der Waals surface area contributed by atoms with Crippen molar-refractivity contribution in [2.45, 2.75) is 499 Å². The summed E-state index contributed by atoms with van der Waals surface area (Å²) in [5, 5.41) is 40.4. The highest BCUT2D eigenvalue weighted by Crippen LogP contribution is 2.48. The highest BCUT2D eigenvalue weighted by atomic mass is 16.5. The lowest BCUT2D eigenvalue weighted by Crippen LogP contribution is -2.37. The Labute approximate surface area is 741 Å². The molecule has 120 heavy (non-hydrogen) atoms. The van der Waals surface area contributed by atoms with E-state index in [0.29, 0.717) is 23.0 Å². The molecule has 0 saturated heterocycles. The van der Waals surface area contributed by atoms with Crippen LogP contribution in [0.15, 0.2) is 24.3 Å². The van der Waals surface area contributed by atoms with Crippen LogP contribution in [0, 0.1) is 126 Å².